The highest BCUT2D eigenvalue weighted by molar-refractivity contribution is 5.88. The van der Waals surface area contributed by atoms with Gasteiger partial charge in [-0.05, 0) is 119 Å². The molecule has 1 aliphatic rings. The van der Waals surface area contributed by atoms with Gasteiger partial charge in [0.15, 0.2) is 0 Å². The third-order valence-electron chi connectivity index (χ3n) is 10.0. The first-order chi connectivity index (χ1) is 25.5. The number of aromatic nitrogens is 2. The SMILES string of the molecule is CC1(C)c2cc(N(c3ccccc3)c3ccccc3)ccc2-c2ccc(N(c3ccccc3)c3ccc(-c4nnc(-c5ccccc5)o4)cc3)cc21. The summed E-state index contributed by atoms with van der Waals surface area (Å²) in [6, 6.07) is 63.7. The van der Waals surface area contributed by atoms with E-state index in [9.17, 15) is 0 Å². The second-order valence-electron chi connectivity index (χ2n) is 13.6. The molecule has 250 valence electrons. The van der Waals surface area contributed by atoms with E-state index < -0.39 is 0 Å². The molecule has 5 nitrogen and oxygen atoms in total. The number of nitrogens with zero attached hydrogens (tertiary/aromatic N) is 4. The zero-order valence-corrected chi connectivity index (χ0v) is 29.0. The summed E-state index contributed by atoms with van der Waals surface area (Å²) >= 11 is 0. The highest BCUT2D eigenvalue weighted by atomic mass is 16.4. The molecule has 0 amide bonds. The lowest BCUT2D eigenvalue weighted by Crippen LogP contribution is -2.17. The fourth-order valence-electron chi connectivity index (χ4n) is 7.41. The summed E-state index contributed by atoms with van der Waals surface area (Å²) in [5, 5.41) is 8.64. The molecular formula is C47H36N4O. The van der Waals surface area contributed by atoms with Crippen molar-refractivity contribution in [1.29, 1.82) is 0 Å². The Labute approximate surface area is 304 Å². The van der Waals surface area contributed by atoms with Gasteiger partial charge in [-0.15, -0.1) is 10.2 Å². The van der Waals surface area contributed by atoms with E-state index in [2.05, 4.69) is 173 Å². The number of fused-ring (bicyclic) bond motifs is 3. The quantitative estimate of drug-likeness (QED) is 0.161. The Hall–Kier alpha value is -6.72. The fraction of sp³-hybridized carbons (Fsp3) is 0.0638. The summed E-state index contributed by atoms with van der Waals surface area (Å²) < 4.78 is 6.06. The Morgan fingerprint density at radius 3 is 1.15 bits per heavy atom. The maximum absolute atomic E-state index is 6.06. The molecule has 0 aliphatic heterocycles. The summed E-state index contributed by atoms with van der Waals surface area (Å²) in [7, 11) is 0. The first kappa shape index (κ1) is 31.3. The molecule has 8 aromatic rings. The van der Waals surface area contributed by atoms with E-state index in [1.165, 1.54) is 22.3 Å². The zero-order chi connectivity index (χ0) is 35.1. The molecule has 1 heterocycles. The van der Waals surface area contributed by atoms with E-state index in [1.54, 1.807) is 0 Å². The lowest BCUT2D eigenvalue weighted by atomic mass is 9.82. The number of anilines is 6. The van der Waals surface area contributed by atoms with Gasteiger partial charge in [0.25, 0.3) is 0 Å². The maximum atomic E-state index is 6.06. The van der Waals surface area contributed by atoms with E-state index in [0.29, 0.717) is 11.8 Å². The molecule has 0 saturated heterocycles. The van der Waals surface area contributed by atoms with Gasteiger partial charge in [0.05, 0.1) is 0 Å². The standard InChI is InChI=1S/C47H36N4O/c1-47(2)43-31-39(50(35-17-9-4-10-18-35)36-19-11-5-12-20-36)27-29-41(43)42-30-28-40(32-44(42)47)51(37-21-13-6-14-22-37)38-25-23-34(24-26-38)46-49-48-45(52-46)33-15-7-3-8-16-33/h3-32H,1-2H3. The van der Waals surface area contributed by atoms with Crippen LogP contribution in [-0.4, -0.2) is 10.2 Å². The van der Waals surface area contributed by atoms with Crippen molar-refractivity contribution >= 4 is 34.1 Å². The molecule has 1 aromatic heterocycles. The van der Waals surface area contributed by atoms with Gasteiger partial charge in [-0.1, -0.05) is 98.8 Å². The lowest BCUT2D eigenvalue weighted by Gasteiger charge is -2.29. The van der Waals surface area contributed by atoms with Crippen molar-refractivity contribution in [2.24, 2.45) is 0 Å². The minimum atomic E-state index is -0.226. The average Bonchev–Trinajstić information content (AvgIpc) is 3.78. The molecule has 52 heavy (non-hydrogen) atoms. The van der Waals surface area contributed by atoms with Crippen LogP contribution in [0.15, 0.2) is 186 Å². The summed E-state index contributed by atoms with van der Waals surface area (Å²) in [4.78, 5) is 4.65. The fourth-order valence-corrected chi connectivity index (χ4v) is 7.41. The number of benzene rings is 7. The van der Waals surface area contributed by atoms with Crippen LogP contribution < -0.4 is 9.80 Å². The van der Waals surface area contributed by atoms with Crippen molar-refractivity contribution in [2.75, 3.05) is 9.80 Å². The summed E-state index contributed by atoms with van der Waals surface area (Å²) in [6.07, 6.45) is 0. The third-order valence-corrected chi connectivity index (χ3v) is 10.0. The van der Waals surface area contributed by atoms with Gasteiger partial charge in [-0.3, -0.25) is 0 Å². The number of para-hydroxylation sites is 3. The van der Waals surface area contributed by atoms with Crippen LogP contribution in [0, 0.1) is 0 Å². The number of rotatable bonds is 8. The Kier molecular flexibility index (Phi) is 7.74. The van der Waals surface area contributed by atoms with Crippen LogP contribution in [0.25, 0.3) is 34.0 Å². The van der Waals surface area contributed by atoms with Crippen LogP contribution in [0.3, 0.4) is 0 Å². The van der Waals surface area contributed by atoms with E-state index in [1.807, 2.05) is 42.5 Å². The summed E-state index contributed by atoms with van der Waals surface area (Å²) in [6.45, 7) is 4.69. The average molecular weight is 673 g/mol. The van der Waals surface area contributed by atoms with Crippen LogP contribution >= 0.6 is 0 Å². The van der Waals surface area contributed by atoms with Gasteiger partial charge >= 0.3 is 0 Å². The topological polar surface area (TPSA) is 45.4 Å². The largest absolute Gasteiger partial charge is 0.416 e. The minimum absolute atomic E-state index is 0.226. The van der Waals surface area contributed by atoms with Gasteiger partial charge < -0.3 is 14.2 Å². The minimum Gasteiger partial charge on any atom is -0.416 e. The Bertz CT molecular complexity index is 2440. The maximum Gasteiger partial charge on any atom is 0.248 e. The van der Waals surface area contributed by atoms with Crippen LogP contribution in [0.5, 0.6) is 0 Å². The Morgan fingerprint density at radius 1 is 0.385 bits per heavy atom. The molecule has 0 atom stereocenters. The molecule has 0 N–H and O–H groups in total. The van der Waals surface area contributed by atoms with E-state index in [0.717, 1.165) is 45.3 Å². The molecule has 7 aromatic carbocycles. The second-order valence-corrected chi connectivity index (χ2v) is 13.6. The van der Waals surface area contributed by atoms with Crippen molar-refractivity contribution in [1.82, 2.24) is 10.2 Å². The van der Waals surface area contributed by atoms with Crippen molar-refractivity contribution in [3.63, 3.8) is 0 Å². The Morgan fingerprint density at radius 2 is 0.731 bits per heavy atom. The molecule has 5 heteroatoms. The third kappa shape index (κ3) is 5.53. The van der Waals surface area contributed by atoms with Gasteiger partial charge in [-0.25, -0.2) is 0 Å². The zero-order valence-electron chi connectivity index (χ0n) is 29.0. The first-order valence-electron chi connectivity index (χ1n) is 17.6. The Balaban J connectivity index is 1.08. The van der Waals surface area contributed by atoms with Crippen LogP contribution in [-0.2, 0) is 5.41 Å². The van der Waals surface area contributed by atoms with Gasteiger partial charge in [0, 0.05) is 50.7 Å². The van der Waals surface area contributed by atoms with E-state index in [4.69, 9.17) is 4.42 Å². The normalized spacial score (nSPS) is 12.6. The van der Waals surface area contributed by atoms with Crippen molar-refractivity contribution in [2.45, 2.75) is 19.3 Å². The van der Waals surface area contributed by atoms with E-state index in [-0.39, 0.29) is 5.41 Å². The van der Waals surface area contributed by atoms with Crippen molar-refractivity contribution in [3.05, 3.63) is 193 Å². The molecule has 1 aliphatic carbocycles. The first-order valence-corrected chi connectivity index (χ1v) is 17.6. The van der Waals surface area contributed by atoms with Gasteiger partial charge in [0.2, 0.25) is 11.8 Å². The lowest BCUT2D eigenvalue weighted by molar-refractivity contribution is 0.584. The molecule has 0 saturated carbocycles. The molecular weight excluding hydrogens is 637 g/mol. The predicted octanol–water partition coefficient (Wildman–Crippen LogP) is 12.6. The van der Waals surface area contributed by atoms with Crippen LogP contribution in [0.1, 0.15) is 25.0 Å². The molecule has 0 fully saturated rings. The van der Waals surface area contributed by atoms with Crippen molar-refractivity contribution < 1.29 is 4.42 Å². The highest BCUT2D eigenvalue weighted by Gasteiger charge is 2.37. The molecule has 0 bridgehead atoms. The van der Waals surface area contributed by atoms with Gasteiger partial charge in [0.1, 0.15) is 0 Å². The predicted molar refractivity (Wildman–Crippen MR) is 212 cm³/mol. The van der Waals surface area contributed by atoms with E-state index >= 15 is 0 Å². The molecule has 0 unspecified atom stereocenters. The monoisotopic (exact) mass is 672 g/mol. The molecule has 0 radical (unpaired) electrons. The van der Waals surface area contributed by atoms with Crippen molar-refractivity contribution in [3.8, 4) is 34.0 Å². The summed E-state index contributed by atoms with van der Waals surface area (Å²) in [5.74, 6) is 0.999. The number of hydrogen-bond donors (Lipinski definition) is 0. The number of hydrogen-bond acceptors (Lipinski definition) is 5. The van der Waals surface area contributed by atoms with Crippen LogP contribution in [0.2, 0.25) is 0 Å². The smallest absolute Gasteiger partial charge is 0.248 e. The second kappa shape index (κ2) is 12.9. The molecule has 9 rings (SSSR count). The summed E-state index contributed by atoms with van der Waals surface area (Å²) in [5.41, 5.74) is 13.3. The van der Waals surface area contributed by atoms with Gasteiger partial charge in [-0.2, -0.15) is 0 Å². The van der Waals surface area contributed by atoms with Crippen LogP contribution in [0.4, 0.5) is 34.1 Å². The molecule has 0 spiro atoms. The highest BCUT2D eigenvalue weighted by Crippen LogP contribution is 2.52.